The van der Waals surface area contributed by atoms with Gasteiger partial charge in [-0.3, -0.25) is 4.79 Å². The Morgan fingerprint density at radius 2 is 2.17 bits per heavy atom. The van der Waals surface area contributed by atoms with Crippen LogP contribution in [0.15, 0.2) is 18.2 Å². The Kier molecular flexibility index (Phi) is 3.15. The number of carbonyl (C=O) groups is 1. The van der Waals surface area contributed by atoms with Crippen LogP contribution in [0.1, 0.15) is 36.2 Å². The predicted octanol–water partition coefficient (Wildman–Crippen LogP) is 2.12. The van der Waals surface area contributed by atoms with Crippen molar-refractivity contribution in [1.82, 2.24) is 4.90 Å². The maximum Gasteiger partial charge on any atom is 0.254 e. The predicted molar refractivity (Wildman–Crippen MR) is 66.9 cm³/mol. The van der Waals surface area contributed by atoms with Crippen LogP contribution in [0.25, 0.3) is 0 Å². The zero-order valence-corrected chi connectivity index (χ0v) is 10.9. The number of amides is 1. The summed E-state index contributed by atoms with van der Waals surface area (Å²) in [7, 11) is 0. The molecule has 0 saturated carbocycles. The van der Waals surface area contributed by atoms with E-state index in [2.05, 4.69) is 0 Å². The molecule has 0 aliphatic carbocycles. The average Bonchev–Trinajstić information content (AvgIpc) is 2.57. The van der Waals surface area contributed by atoms with Gasteiger partial charge in [-0.05, 0) is 51.0 Å². The number of aryl methyl sites for hydroxylation is 1. The van der Waals surface area contributed by atoms with Crippen molar-refractivity contribution in [2.45, 2.75) is 38.8 Å². The molecule has 98 valence electrons. The van der Waals surface area contributed by atoms with Gasteiger partial charge in [0.2, 0.25) is 0 Å². The van der Waals surface area contributed by atoms with Gasteiger partial charge in [0, 0.05) is 12.1 Å². The Hall–Kier alpha value is -1.42. The van der Waals surface area contributed by atoms with Crippen molar-refractivity contribution < 1.29 is 14.3 Å². The van der Waals surface area contributed by atoms with Gasteiger partial charge in [0.05, 0.1) is 11.6 Å². The maximum absolute atomic E-state index is 13.2. The van der Waals surface area contributed by atoms with E-state index < -0.39 is 11.6 Å². The highest BCUT2D eigenvalue weighted by Gasteiger charge is 2.43. The number of benzene rings is 1. The number of carbonyl (C=O) groups excluding carboxylic acids is 1. The number of likely N-dealkylation sites (tertiary alicyclic amines) is 1. The standard InChI is InChI=1S/C14H18FNO2/c1-9-8-10(4-5-11(9)15)13(18)16-7-6-12(17)14(16,2)3/h4-5,8,12,17H,6-7H2,1-3H3. The van der Waals surface area contributed by atoms with E-state index in [1.54, 1.807) is 17.9 Å². The number of halogens is 1. The Morgan fingerprint density at radius 3 is 2.67 bits per heavy atom. The molecular weight excluding hydrogens is 233 g/mol. The molecule has 1 amide bonds. The van der Waals surface area contributed by atoms with Gasteiger partial charge in [-0.15, -0.1) is 0 Å². The normalized spacial score (nSPS) is 22.3. The summed E-state index contributed by atoms with van der Waals surface area (Å²) in [6, 6.07) is 4.35. The summed E-state index contributed by atoms with van der Waals surface area (Å²) in [6.45, 7) is 5.86. The van der Waals surface area contributed by atoms with E-state index in [1.807, 2.05) is 13.8 Å². The molecule has 0 spiro atoms. The molecule has 1 heterocycles. The molecule has 1 atom stereocenters. The third kappa shape index (κ3) is 2.01. The van der Waals surface area contributed by atoms with Crippen LogP contribution in [0.5, 0.6) is 0 Å². The number of rotatable bonds is 1. The van der Waals surface area contributed by atoms with Crippen LogP contribution in [-0.2, 0) is 0 Å². The number of hydrogen-bond donors (Lipinski definition) is 1. The smallest absolute Gasteiger partial charge is 0.254 e. The lowest BCUT2D eigenvalue weighted by Gasteiger charge is -2.33. The third-order valence-corrected chi connectivity index (χ3v) is 3.79. The van der Waals surface area contributed by atoms with Gasteiger partial charge in [0.25, 0.3) is 5.91 Å². The Labute approximate surface area is 106 Å². The summed E-state index contributed by atoms with van der Waals surface area (Å²) < 4.78 is 13.2. The molecule has 1 aliphatic heterocycles. The van der Waals surface area contributed by atoms with E-state index in [0.29, 0.717) is 24.1 Å². The van der Waals surface area contributed by atoms with Crippen LogP contribution in [-0.4, -0.2) is 34.1 Å². The van der Waals surface area contributed by atoms with Crippen molar-refractivity contribution in [2.24, 2.45) is 0 Å². The first-order valence-corrected chi connectivity index (χ1v) is 6.10. The Balaban J connectivity index is 2.29. The highest BCUT2D eigenvalue weighted by Crippen LogP contribution is 2.30. The molecule has 1 aromatic carbocycles. The number of hydrogen-bond acceptors (Lipinski definition) is 2. The SMILES string of the molecule is Cc1cc(C(=O)N2CCC(O)C2(C)C)ccc1F. The highest BCUT2D eigenvalue weighted by molar-refractivity contribution is 5.95. The van der Waals surface area contributed by atoms with Gasteiger partial charge in [-0.25, -0.2) is 4.39 Å². The minimum Gasteiger partial charge on any atom is -0.391 e. The molecule has 1 aromatic rings. The zero-order chi connectivity index (χ0) is 13.5. The van der Waals surface area contributed by atoms with Crippen LogP contribution >= 0.6 is 0 Å². The number of nitrogens with zero attached hydrogens (tertiary/aromatic N) is 1. The molecule has 2 rings (SSSR count). The van der Waals surface area contributed by atoms with Gasteiger partial charge < -0.3 is 10.0 Å². The molecule has 1 saturated heterocycles. The molecule has 0 aromatic heterocycles. The van der Waals surface area contributed by atoms with Crippen molar-refractivity contribution in [3.8, 4) is 0 Å². The fraction of sp³-hybridized carbons (Fsp3) is 0.500. The van der Waals surface area contributed by atoms with Crippen LogP contribution in [0, 0.1) is 12.7 Å². The van der Waals surface area contributed by atoms with Crippen LogP contribution in [0.3, 0.4) is 0 Å². The number of aliphatic hydroxyl groups is 1. The Bertz CT molecular complexity index is 485. The van der Waals surface area contributed by atoms with Crippen molar-refractivity contribution in [3.05, 3.63) is 35.1 Å². The Morgan fingerprint density at radius 1 is 1.50 bits per heavy atom. The molecule has 1 fully saturated rings. The first kappa shape index (κ1) is 13.0. The highest BCUT2D eigenvalue weighted by atomic mass is 19.1. The first-order chi connectivity index (χ1) is 8.34. The zero-order valence-electron chi connectivity index (χ0n) is 10.9. The van der Waals surface area contributed by atoms with E-state index in [1.165, 1.54) is 12.1 Å². The van der Waals surface area contributed by atoms with Crippen molar-refractivity contribution >= 4 is 5.91 Å². The molecule has 0 radical (unpaired) electrons. The summed E-state index contributed by atoms with van der Waals surface area (Å²) in [6.07, 6.45) is 0.0711. The summed E-state index contributed by atoms with van der Waals surface area (Å²) in [5, 5.41) is 9.87. The van der Waals surface area contributed by atoms with Crippen LogP contribution in [0.2, 0.25) is 0 Å². The summed E-state index contributed by atoms with van der Waals surface area (Å²) >= 11 is 0. The van der Waals surface area contributed by atoms with Gasteiger partial charge in [0.1, 0.15) is 5.82 Å². The first-order valence-electron chi connectivity index (χ1n) is 6.10. The summed E-state index contributed by atoms with van der Waals surface area (Å²) in [5.74, 6) is -0.466. The van der Waals surface area contributed by atoms with E-state index in [4.69, 9.17) is 0 Å². The lowest BCUT2D eigenvalue weighted by molar-refractivity contribution is 0.0394. The van der Waals surface area contributed by atoms with Gasteiger partial charge in [-0.2, -0.15) is 0 Å². The van der Waals surface area contributed by atoms with E-state index in [-0.39, 0.29) is 11.7 Å². The molecule has 4 heteroatoms. The van der Waals surface area contributed by atoms with Gasteiger partial charge in [-0.1, -0.05) is 0 Å². The fourth-order valence-corrected chi connectivity index (χ4v) is 2.37. The number of aliphatic hydroxyl groups excluding tert-OH is 1. The molecule has 1 unspecified atom stereocenters. The van der Waals surface area contributed by atoms with E-state index in [0.717, 1.165) is 0 Å². The largest absolute Gasteiger partial charge is 0.391 e. The van der Waals surface area contributed by atoms with Gasteiger partial charge >= 0.3 is 0 Å². The lowest BCUT2D eigenvalue weighted by atomic mass is 9.98. The van der Waals surface area contributed by atoms with E-state index in [9.17, 15) is 14.3 Å². The minimum absolute atomic E-state index is 0.153. The monoisotopic (exact) mass is 251 g/mol. The topological polar surface area (TPSA) is 40.5 Å². The quantitative estimate of drug-likeness (QED) is 0.830. The lowest BCUT2D eigenvalue weighted by Crippen LogP contribution is -2.48. The molecule has 18 heavy (non-hydrogen) atoms. The molecule has 1 aliphatic rings. The fourth-order valence-electron chi connectivity index (χ4n) is 2.37. The van der Waals surface area contributed by atoms with Crippen LogP contribution < -0.4 is 0 Å². The second kappa shape index (κ2) is 4.35. The molecule has 0 bridgehead atoms. The van der Waals surface area contributed by atoms with Crippen molar-refractivity contribution in [3.63, 3.8) is 0 Å². The summed E-state index contributed by atoms with van der Waals surface area (Å²) in [5.41, 5.74) is 0.355. The second-order valence-electron chi connectivity index (χ2n) is 5.38. The molecule has 1 N–H and O–H groups in total. The second-order valence-corrected chi connectivity index (χ2v) is 5.38. The minimum atomic E-state index is -0.570. The summed E-state index contributed by atoms with van der Waals surface area (Å²) in [4.78, 5) is 14.0. The maximum atomic E-state index is 13.2. The molecular formula is C14H18FNO2. The average molecular weight is 251 g/mol. The van der Waals surface area contributed by atoms with Crippen LogP contribution in [0.4, 0.5) is 4.39 Å². The van der Waals surface area contributed by atoms with E-state index >= 15 is 0 Å². The third-order valence-electron chi connectivity index (χ3n) is 3.79. The van der Waals surface area contributed by atoms with Gasteiger partial charge in [0.15, 0.2) is 0 Å². The molecule has 3 nitrogen and oxygen atoms in total. The van der Waals surface area contributed by atoms with Crippen molar-refractivity contribution in [2.75, 3.05) is 6.54 Å². The van der Waals surface area contributed by atoms with Crippen molar-refractivity contribution in [1.29, 1.82) is 0 Å².